The van der Waals surface area contributed by atoms with Crippen molar-refractivity contribution in [1.29, 1.82) is 0 Å². The van der Waals surface area contributed by atoms with Gasteiger partial charge in [0.25, 0.3) is 5.91 Å². The zero-order valence-corrected chi connectivity index (χ0v) is 15.4. The number of β-amino-alcohol motifs (C(OH)–C–C–N with tert-alkyl or cyclic N) is 1. The quantitative estimate of drug-likeness (QED) is 0.820. The van der Waals surface area contributed by atoms with Crippen molar-refractivity contribution in [3.63, 3.8) is 0 Å². The van der Waals surface area contributed by atoms with Crippen LogP contribution >= 0.6 is 0 Å². The van der Waals surface area contributed by atoms with E-state index in [1.165, 1.54) is 37.9 Å². The lowest BCUT2D eigenvalue weighted by Crippen LogP contribution is -2.40. The molecule has 1 aliphatic heterocycles. The highest BCUT2D eigenvalue weighted by molar-refractivity contribution is 5.94. The molecule has 0 unspecified atom stereocenters. The fourth-order valence-electron chi connectivity index (χ4n) is 3.33. The molecule has 0 spiro atoms. The zero-order valence-electron chi connectivity index (χ0n) is 15.4. The fraction of sp³-hybridized carbons (Fsp3) is 0.429. The molecule has 2 heterocycles. The second kappa shape index (κ2) is 9.58. The molecule has 1 atom stereocenters. The fourth-order valence-corrected chi connectivity index (χ4v) is 3.33. The van der Waals surface area contributed by atoms with Gasteiger partial charge < -0.3 is 15.3 Å². The monoisotopic (exact) mass is 371 g/mol. The molecule has 1 amide bonds. The second-order valence-electron chi connectivity index (χ2n) is 7.02. The van der Waals surface area contributed by atoms with Crippen LogP contribution in [0.5, 0.6) is 0 Å². The molecule has 5 nitrogen and oxygen atoms in total. The SMILES string of the molecule is O=C(NC[C@@H](O)CN1CCCCCC1)c1ccc(-c2ccc(F)cn2)cc1. The van der Waals surface area contributed by atoms with Gasteiger partial charge in [-0.25, -0.2) is 4.39 Å². The molecular weight excluding hydrogens is 345 g/mol. The predicted molar refractivity (Wildman–Crippen MR) is 103 cm³/mol. The molecule has 0 radical (unpaired) electrons. The number of aliphatic hydroxyl groups is 1. The molecule has 6 heteroatoms. The molecule has 2 N–H and O–H groups in total. The number of halogens is 1. The van der Waals surface area contributed by atoms with Crippen LogP contribution in [0.15, 0.2) is 42.6 Å². The van der Waals surface area contributed by atoms with Crippen molar-refractivity contribution < 1.29 is 14.3 Å². The third-order valence-corrected chi connectivity index (χ3v) is 4.84. The van der Waals surface area contributed by atoms with Crippen LogP contribution in [0.3, 0.4) is 0 Å². The Hall–Kier alpha value is -2.31. The highest BCUT2D eigenvalue weighted by Crippen LogP contribution is 2.17. The van der Waals surface area contributed by atoms with Gasteiger partial charge in [0.15, 0.2) is 0 Å². The van der Waals surface area contributed by atoms with E-state index in [9.17, 15) is 14.3 Å². The number of aliphatic hydroxyl groups excluding tert-OH is 1. The van der Waals surface area contributed by atoms with Crippen LogP contribution < -0.4 is 5.32 Å². The highest BCUT2D eigenvalue weighted by atomic mass is 19.1. The minimum atomic E-state index is -0.574. The Balaban J connectivity index is 1.49. The van der Waals surface area contributed by atoms with Gasteiger partial charge in [-0.3, -0.25) is 9.78 Å². The van der Waals surface area contributed by atoms with Crippen LogP contribution in [-0.2, 0) is 0 Å². The molecule has 0 aliphatic carbocycles. The Morgan fingerprint density at radius 1 is 1.11 bits per heavy atom. The van der Waals surface area contributed by atoms with E-state index in [1.54, 1.807) is 30.3 Å². The number of pyridine rings is 1. The summed E-state index contributed by atoms with van der Waals surface area (Å²) in [5.41, 5.74) is 1.98. The van der Waals surface area contributed by atoms with Gasteiger partial charge in [-0.05, 0) is 50.2 Å². The summed E-state index contributed by atoms with van der Waals surface area (Å²) in [6.07, 6.45) is 5.46. The normalized spacial score (nSPS) is 16.5. The zero-order chi connectivity index (χ0) is 19.1. The van der Waals surface area contributed by atoms with Crippen molar-refractivity contribution in [3.05, 3.63) is 54.0 Å². The maximum Gasteiger partial charge on any atom is 0.251 e. The molecule has 1 aromatic carbocycles. The summed E-state index contributed by atoms with van der Waals surface area (Å²) in [7, 11) is 0. The molecule has 3 rings (SSSR count). The second-order valence-corrected chi connectivity index (χ2v) is 7.02. The van der Waals surface area contributed by atoms with Gasteiger partial charge >= 0.3 is 0 Å². The third-order valence-electron chi connectivity index (χ3n) is 4.84. The number of hydrogen-bond donors (Lipinski definition) is 2. The summed E-state index contributed by atoms with van der Waals surface area (Å²) in [4.78, 5) is 18.6. The average molecular weight is 371 g/mol. The topological polar surface area (TPSA) is 65.5 Å². The van der Waals surface area contributed by atoms with Crippen LogP contribution in [0.1, 0.15) is 36.0 Å². The van der Waals surface area contributed by atoms with Crippen molar-refractivity contribution in [2.45, 2.75) is 31.8 Å². The first kappa shape index (κ1) is 19.5. The molecule has 1 aliphatic rings. The molecule has 144 valence electrons. The van der Waals surface area contributed by atoms with Crippen molar-refractivity contribution in [3.8, 4) is 11.3 Å². The number of carbonyl (C=O) groups is 1. The number of rotatable bonds is 6. The van der Waals surface area contributed by atoms with Gasteiger partial charge in [-0.15, -0.1) is 0 Å². The molecule has 1 saturated heterocycles. The van der Waals surface area contributed by atoms with E-state index in [0.717, 1.165) is 18.7 Å². The van der Waals surface area contributed by atoms with Gasteiger partial charge in [0, 0.05) is 24.2 Å². The van der Waals surface area contributed by atoms with Gasteiger partial charge in [-0.2, -0.15) is 0 Å². The Morgan fingerprint density at radius 2 is 1.81 bits per heavy atom. The molecule has 1 fully saturated rings. The van der Waals surface area contributed by atoms with Crippen molar-refractivity contribution >= 4 is 5.91 Å². The Kier molecular flexibility index (Phi) is 6.90. The number of nitrogens with zero attached hydrogens (tertiary/aromatic N) is 2. The van der Waals surface area contributed by atoms with Crippen LogP contribution in [0.25, 0.3) is 11.3 Å². The maximum absolute atomic E-state index is 13.0. The number of benzene rings is 1. The van der Waals surface area contributed by atoms with Crippen molar-refractivity contribution in [1.82, 2.24) is 15.2 Å². The molecule has 1 aromatic heterocycles. The number of hydrogen-bond acceptors (Lipinski definition) is 4. The lowest BCUT2D eigenvalue weighted by molar-refractivity contribution is 0.0862. The van der Waals surface area contributed by atoms with Crippen LogP contribution in [-0.4, -0.2) is 53.2 Å². The molecule has 0 bridgehead atoms. The van der Waals surface area contributed by atoms with Crippen LogP contribution in [0, 0.1) is 5.82 Å². The number of aromatic nitrogens is 1. The van der Waals surface area contributed by atoms with Gasteiger partial charge in [0.1, 0.15) is 5.82 Å². The van der Waals surface area contributed by atoms with E-state index in [4.69, 9.17) is 0 Å². The number of amides is 1. The summed E-state index contributed by atoms with van der Waals surface area (Å²) in [5, 5.41) is 13.0. The summed E-state index contributed by atoms with van der Waals surface area (Å²) in [5.74, 6) is -0.600. The molecule has 2 aromatic rings. The van der Waals surface area contributed by atoms with E-state index in [2.05, 4.69) is 15.2 Å². The first-order valence-electron chi connectivity index (χ1n) is 9.52. The van der Waals surface area contributed by atoms with Crippen molar-refractivity contribution in [2.24, 2.45) is 0 Å². The first-order chi connectivity index (χ1) is 13.1. The average Bonchev–Trinajstić information content (AvgIpc) is 2.95. The van der Waals surface area contributed by atoms with Gasteiger partial charge in [-0.1, -0.05) is 25.0 Å². The summed E-state index contributed by atoms with van der Waals surface area (Å²) < 4.78 is 13.0. The lowest BCUT2D eigenvalue weighted by Gasteiger charge is -2.23. The minimum absolute atomic E-state index is 0.219. The number of nitrogens with one attached hydrogen (secondary N) is 1. The van der Waals surface area contributed by atoms with Crippen LogP contribution in [0.4, 0.5) is 4.39 Å². The Morgan fingerprint density at radius 3 is 2.44 bits per heavy atom. The standard InChI is InChI=1S/C21H26FN3O2/c22-18-9-10-20(23-13-18)16-5-7-17(8-6-16)21(27)24-14-19(26)15-25-11-3-1-2-4-12-25/h5-10,13,19,26H,1-4,11-12,14-15H2,(H,24,27)/t19-/m1/s1. The van der Waals surface area contributed by atoms with E-state index in [0.29, 0.717) is 17.8 Å². The predicted octanol–water partition coefficient (Wildman–Crippen LogP) is 2.85. The van der Waals surface area contributed by atoms with E-state index < -0.39 is 6.10 Å². The van der Waals surface area contributed by atoms with Crippen molar-refractivity contribution in [2.75, 3.05) is 26.2 Å². The van der Waals surface area contributed by atoms with Gasteiger partial charge in [0.2, 0.25) is 0 Å². The van der Waals surface area contributed by atoms with Crippen LogP contribution in [0.2, 0.25) is 0 Å². The number of likely N-dealkylation sites (tertiary alicyclic amines) is 1. The molecular formula is C21H26FN3O2. The minimum Gasteiger partial charge on any atom is -0.390 e. The van der Waals surface area contributed by atoms with E-state index in [1.807, 2.05) is 0 Å². The first-order valence-corrected chi connectivity index (χ1v) is 9.52. The number of carbonyl (C=O) groups excluding carboxylic acids is 1. The van der Waals surface area contributed by atoms with E-state index in [-0.39, 0.29) is 18.3 Å². The smallest absolute Gasteiger partial charge is 0.251 e. The lowest BCUT2D eigenvalue weighted by atomic mass is 10.1. The summed E-state index contributed by atoms with van der Waals surface area (Å²) >= 11 is 0. The Bertz CT molecular complexity index is 726. The third kappa shape index (κ3) is 5.84. The maximum atomic E-state index is 13.0. The van der Waals surface area contributed by atoms with E-state index >= 15 is 0 Å². The molecule has 0 saturated carbocycles. The summed E-state index contributed by atoms with van der Waals surface area (Å²) in [6.45, 7) is 2.86. The Labute approximate surface area is 159 Å². The largest absolute Gasteiger partial charge is 0.390 e. The highest BCUT2D eigenvalue weighted by Gasteiger charge is 2.15. The summed E-state index contributed by atoms with van der Waals surface area (Å²) in [6, 6.07) is 9.93. The molecule has 27 heavy (non-hydrogen) atoms. The van der Waals surface area contributed by atoms with Gasteiger partial charge in [0.05, 0.1) is 18.0 Å².